The van der Waals surface area contributed by atoms with Crippen LogP contribution in [0.5, 0.6) is 0 Å². The highest BCUT2D eigenvalue weighted by Gasteiger charge is 2.28. The minimum atomic E-state index is -0.978. The van der Waals surface area contributed by atoms with Gasteiger partial charge in [-0.2, -0.15) is 0 Å². The van der Waals surface area contributed by atoms with Gasteiger partial charge in [-0.1, -0.05) is 38.1 Å². The van der Waals surface area contributed by atoms with Crippen LogP contribution in [0.25, 0.3) is 0 Å². The van der Waals surface area contributed by atoms with Gasteiger partial charge in [0.15, 0.2) is 0 Å². The number of carboxylic acid groups (broad SMARTS) is 1. The fourth-order valence-electron chi connectivity index (χ4n) is 2.60. The molecule has 6 heteroatoms. The molecule has 1 aromatic rings. The molecule has 0 saturated carbocycles. The highest BCUT2D eigenvalue weighted by atomic mass is 35.5. The molecule has 1 aliphatic rings. The van der Waals surface area contributed by atoms with E-state index in [0.717, 1.165) is 5.56 Å². The van der Waals surface area contributed by atoms with Gasteiger partial charge in [0.05, 0.1) is 6.04 Å². The van der Waals surface area contributed by atoms with Gasteiger partial charge in [-0.3, -0.25) is 4.79 Å². The lowest BCUT2D eigenvalue weighted by Crippen LogP contribution is -2.52. The monoisotopic (exact) mass is 326 g/mol. The number of carbonyl (C=O) groups is 2. The maximum atomic E-state index is 12.3. The average molecular weight is 327 g/mol. The molecule has 0 radical (unpaired) electrons. The summed E-state index contributed by atoms with van der Waals surface area (Å²) in [5.41, 5.74) is 2.34. The van der Waals surface area contributed by atoms with Gasteiger partial charge in [0, 0.05) is 6.54 Å². The van der Waals surface area contributed by atoms with E-state index in [9.17, 15) is 14.7 Å². The lowest BCUT2D eigenvalue weighted by atomic mass is 9.95. The summed E-state index contributed by atoms with van der Waals surface area (Å²) < 4.78 is 0. The second-order valence-corrected chi connectivity index (χ2v) is 5.94. The first-order chi connectivity index (χ1) is 9.97. The minimum Gasteiger partial charge on any atom is -0.480 e. The van der Waals surface area contributed by atoms with Crippen LogP contribution in [0.2, 0.25) is 0 Å². The van der Waals surface area contributed by atoms with Gasteiger partial charge in [0.2, 0.25) is 5.91 Å². The first-order valence-electron chi connectivity index (χ1n) is 7.30. The molecule has 0 unspecified atom stereocenters. The number of rotatable bonds is 5. The Balaban J connectivity index is 0.00000242. The van der Waals surface area contributed by atoms with Crippen molar-refractivity contribution in [1.82, 2.24) is 10.6 Å². The Hall–Kier alpha value is -1.59. The number of benzene rings is 1. The maximum absolute atomic E-state index is 12.3. The van der Waals surface area contributed by atoms with Crippen molar-refractivity contribution in [1.29, 1.82) is 0 Å². The van der Waals surface area contributed by atoms with Crippen molar-refractivity contribution < 1.29 is 14.7 Å². The molecule has 0 bridgehead atoms. The van der Waals surface area contributed by atoms with E-state index >= 15 is 0 Å². The number of carboxylic acids is 1. The summed E-state index contributed by atoms with van der Waals surface area (Å²) in [4.78, 5) is 23.5. The SMILES string of the molecule is CC(C)C[C@@H](NC(=O)[C@@H]1Cc2ccccc2CN1)C(=O)O.Cl. The summed E-state index contributed by atoms with van der Waals surface area (Å²) in [7, 11) is 0. The molecule has 122 valence electrons. The van der Waals surface area contributed by atoms with E-state index in [-0.39, 0.29) is 30.3 Å². The van der Waals surface area contributed by atoms with Crippen molar-refractivity contribution in [2.24, 2.45) is 5.92 Å². The van der Waals surface area contributed by atoms with Crippen LogP contribution < -0.4 is 10.6 Å². The molecule has 1 aliphatic heterocycles. The molecule has 22 heavy (non-hydrogen) atoms. The second kappa shape index (κ2) is 8.15. The van der Waals surface area contributed by atoms with Gasteiger partial charge in [0.25, 0.3) is 0 Å². The number of halogens is 1. The Morgan fingerprint density at radius 3 is 2.55 bits per heavy atom. The van der Waals surface area contributed by atoms with Gasteiger partial charge in [-0.05, 0) is 29.9 Å². The number of fused-ring (bicyclic) bond motifs is 1. The van der Waals surface area contributed by atoms with Crippen LogP contribution in [-0.2, 0) is 22.6 Å². The number of hydrogen-bond donors (Lipinski definition) is 3. The first kappa shape index (κ1) is 18.5. The van der Waals surface area contributed by atoms with Gasteiger partial charge >= 0.3 is 5.97 Å². The van der Waals surface area contributed by atoms with Crippen LogP contribution in [0.15, 0.2) is 24.3 Å². The van der Waals surface area contributed by atoms with Crippen molar-refractivity contribution in [2.75, 3.05) is 0 Å². The number of nitrogens with one attached hydrogen (secondary N) is 2. The first-order valence-corrected chi connectivity index (χ1v) is 7.30. The van der Waals surface area contributed by atoms with E-state index in [1.54, 1.807) is 0 Å². The lowest BCUT2D eigenvalue weighted by Gasteiger charge is -2.27. The molecule has 3 N–H and O–H groups in total. The van der Waals surface area contributed by atoms with Crippen LogP contribution in [0.3, 0.4) is 0 Å². The van der Waals surface area contributed by atoms with Crippen LogP contribution in [0.4, 0.5) is 0 Å². The third-order valence-corrected chi connectivity index (χ3v) is 3.72. The summed E-state index contributed by atoms with van der Waals surface area (Å²) in [6.07, 6.45) is 1.03. The summed E-state index contributed by atoms with van der Waals surface area (Å²) in [5.74, 6) is -1.00. The quantitative estimate of drug-likeness (QED) is 0.770. The molecule has 0 aromatic heterocycles. The number of hydrogen-bond acceptors (Lipinski definition) is 3. The van der Waals surface area contributed by atoms with E-state index in [0.29, 0.717) is 19.4 Å². The van der Waals surface area contributed by atoms with Crippen molar-refractivity contribution in [3.8, 4) is 0 Å². The standard InChI is InChI=1S/C16H22N2O3.ClH/c1-10(2)7-14(16(20)21)18-15(19)13-8-11-5-3-4-6-12(11)9-17-13;/h3-6,10,13-14,17H,7-9H2,1-2H3,(H,18,19)(H,20,21);1H/t13-,14+;/m0./s1. The van der Waals surface area contributed by atoms with E-state index < -0.39 is 12.0 Å². The van der Waals surface area contributed by atoms with E-state index in [1.165, 1.54) is 5.56 Å². The van der Waals surface area contributed by atoms with Crippen LogP contribution in [0.1, 0.15) is 31.4 Å². The van der Waals surface area contributed by atoms with Crippen molar-refractivity contribution in [3.05, 3.63) is 35.4 Å². The topological polar surface area (TPSA) is 78.4 Å². The Bertz CT molecular complexity index is 534. The zero-order valence-corrected chi connectivity index (χ0v) is 13.7. The van der Waals surface area contributed by atoms with Crippen molar-refractivity contribution in [3.63, 3.8) is 0 Å². The highest BCUT2D eigenvalue weighted by Crippen LogP contribution is 2.16. The summed E-state index contributed by atoms with van der Waals surface area (Å²) >= 11 is 0. The predicted molar refractivity (Wildman–Crippen MR) is 87.0 cm³/mol. The van der Waals surface area contributed by atoms with Gasteiger partial charge in [-0.25, -0.2) is 4.79 Å². The fraction of sp³-hybridized carbons (Fsp3) is 0.500. The van der Waals surface area contributed by atoms with Crippen molar-refractivity contribution in [2.45, 2.75) is 45.3 Å². The largest absolute Gasteiger partial charge is 0.480 e. The fourth-order valence-corrected chi connectivity index (χ4v) is 2.60. The van der Waals surface area contributed by atoms with Gasteiger partial charge in [0.1, 0.15) is 6.04 Å². The zero-order valence-electron chi connectivity index (χ0n) is 12.8. The summed E-state index contributed by atoms with van der Waals surface area (Å²) in [6, 6.07) is 6.79. The van der Waals surface area contributed by atoms with Crippen LogP contribution >= 0.6 is 12.4 Å². The molecule has 2 rings (SSSR count). The Labute approximate surface area is 136 Å². The predicted octanol–water partition coefficient (Wildman–Crippen LogP) is 1.74. The van der Waals surface area contributed by atoms with Crippen LogP contribution in [-0.4, -0.2) is 29.1 Å². The molecule has 0 saturated heterocycles. The average Bonchev–Trinajstić information content (AvgIpc) is 2.45. The minimum absolute atomic E-state index is 0. The van der Waals surface area contributed by atoms with E-state index in [4.69, 9.17) is 0 Å². The van der Waals surface area contributed by atoms with Gasteiger partial charge < -0.3 is 15.7 Å². The van der Waals surface area contributed by atoms with E-state index in [1.807, 2.05) is 38.1 Å². The van der Waals surface area contributed by atoms with E-state index in [2.05, 4.69) is 10.6 Å². The molecule has 1 heterocycles. The second-order valence-electron chi connectivity index (χ2n) is 5.94. The molecule has 0 spiro atoms. The lowest BCUT2D eigenvalue weighted by molar-refractivity contribution is -0.142. The molecule has 2 atom stereocenters. The number of amides is 1. The Morgan fingerprint density at radius 2 is 1.95 bits per heavy atom. The molecular formula is C16H23ClN2O3. The molecule has 5 nitrogen and oxygen atoms in total. The summed E-state index contributed by atoms with van der Waals surface area (Å²) in [5, 5.41) is 15.0. The molecular weight excluding hydrogens is 304 g/mol. The summed E-state index contributed by atoms with van der Waals surface area (Å²) in [6.45, 7) is 4.52. The smallest absolute Gasteiger partial charge is 0.326 e. The zero-order chi connectivity index (χ0) is 15.4. The Kier molecular flexibility index (Phi) is 6.84. The molecule has 0 aliphatic carbocycles. The number of carbonyl (C=O) groups excluding carboxylic acids is 1. The molecule has 0 fully saturated rings. The molecule has 1 amide bonds. The molecule has 1 aromatic carbocycles. The van der Waals surface area contributed by atoms with Gasteiger partial charge in [-0.15, -0.1) is 12.4 Å². The van der Waals surface area contributed by atoms with Crippen molar-refractivity contribution >= 4 is 24.3 Å². The number of aliphatic carboxylic acids is 1. The Morgan fingerprint density at radius 1 is 1.32 bits per heavy atom. The third kappa shape index (κ3) is 4.71. The normalized spacial score (nSPS) is 18.0. The highest BCUT2D eigenvalue weighted by molar-refractivity contribution is 5.87. The van der Waals surface area contributed by atoms with Crippen LogP contribution in [0, 0.1) is 5.92 Å². The third-order valence-electron chi connectivity index (χ3n) is 3.72. The maximum Gasteiger partial charge on any atom is 0.326 e.